The van der Waals surface area contributed by atoms with E-state index in [0.29, 0.717) is 0 Å². The van der Waals surface area contributed by atoms with Crippen molar-refractivity contribution in [2.75, 3.05) is 9.80 Å². The lowest BCUT2D eigenvalue weighted by Gasteiger charge is -2.31. The maximum atomic E-state index is 2.56. The minimum Gasteiger partial charge on any atom is -0.310 e. The highest BCUT2D eigenvalue weighted by molar-refractivity contribution is 6.23. The summed E-state index contributed by atoms with van der Waals surface area (Å²) in [4.78, 5) is 5.12. The van der Waals surface area contributed by atoms with Crippen molar-refractivity contribution in [3.8, 4) is 66.8 Å². The van der Waals surface area contributed by atoms with Crippen molar-refractivity contribution in [1.82, 2.24) is 0 Å². The second-order valence-corrected chi connectivity index (χ2v) is 29.9. The quantitative estimate of drug-likeness (QED) is 0.140. The molecule has 0 aromatic heterocycles. The highest BCUT2D eigenvalue weighted by Crippen LogP contribution is 2.58. The Bertz CT molecular complexity index is 5530. The van der Waals surface area contributed by atoms with Crippen molar-refractivity contribution in [3.63, 3.8) is 0 Å². The summed E-state index contributed by atoms with van der Waals surface area (Å²) < 4.78 is 0. The van der Waals surface area contributed by atoms with Crippen molar-refractivity contribution in [2.24, 2.45) is 0 Å². The summed E-state index contributed by atoms with van der Waals surface area (Å²) in [7, 11) is 0. The molecule has 0 saturated carbocycles. The first-order valence-electron chi connectivity index (χ1n) is 34.5. The molecular formula is C94H74N2. The van der Waals surface area contributed by atoms with Crippen molar-refractivity contribution in [3.05, 3.63) is 329 Å². The van der Waals surface area contributed by atoms with Crippen LogP contribution in [0.15, 0.2) is 273 Å². The van der Waals surface area contributed by atoms with E-state index >= 15 is 0 Å². The van der Waals surface area contributed by atoms with Gasteiger partial charge in [-0.05, 0) is 246 Å². The van der Waals surface area contributed by atoms with Gasteiger partial charge in [-0.3, -0.25) is 0 Å². The average Bonchev–Trinajstić information content (AvgIpc) is 0.981. The van der Waals surface area contributed by atoms with Crippen LogP contribution < -0.4 is 9.80 Å². The van der Waals surface area contributed by atoms with E-state index in [9.17, 15) is 0 Å². The molecule has 14 aromatic carbocycles. The molecule has 0 fully saturated rings. The maximum absolute atomic E-state index is 2.56. The molecule has 14 aromatic rings. The van der Waals surface area contributed by atoms with Gasteiger partial charge in [0, 0.05) is 55.8 Å². The minimum absolute atomic E-state index is 0.193. The van der Waals surface area contributed by atoms with Gasteiger partial charge in [-0.25, -0.2) is 0 Å². The Hall–Kier alpha value is -10.8. The van der Waals surface area contributed by atoms with Crippen LogP contribution in [0.25, 0.3) is 105 Å². The first kappa shape index (κ1) is 56.7. The molecule has 0 spiro atoms. The molecule has 19 rings (SSSR count). The van der Waals surface area contributed by atoms with Crippen LogP contribution in [0.3, 0.4) is 0 Å². The Kier molecular flexibility index (Phi) is 12.0. The SMILES string of the molecule is CC1(C)c2ccccc2-c2ccc(N(c3ccc4c(c3)C(C)(C)c3ccccc3-4)c3ccc4c(-c5ccc6ccccc6c5)c5cc(N(c6ccc7c(c6)C(C)(C)c6ccccc6-7)c6ccc7c(c6)C(C)(C)c6ccccc6-7)ccc5c(-c5ccc6c(c5)CCC=C6)c4c3)cc21. The molecule has 0 bridgehead atoms. The number of hydrogen-bond donors (Lipinski definition) is 0. The van der Waals surface area contributed by atoms with Crippen LogP contribution in [0.1, 0.15) is 117 Å². The lowest BCUT2D eigenvalue weighted by Crippen LogP contribution is -2.18. The summed E-state index contributed by atoms with van der Waals surface area (Å²) in [6.07, 6.45) is 6.69. The highest BCUT2D eigenvalue weighted by atomic mass is 15.1. The second kappa shape index (κ2) is 20.4. The molecule has 5 aliphatic rings. The van der Waals surface area contributed by atoms with Gasteiger partial charge in [0.25, 0.3) is 0 Å². The van der Waals surface area contributed by atoms with Gasteiger partial charge >= 0.3 is 0 Å². The fourth-order valence-electron chi connectivity index (χ4n) is 18.3. The second-order valence-electron chi connectivity index (χ2n) is 29.9. The van der Waals surface area contributed by atoms with Crippen LogP contribution in [-0.2, 0) is 28.1 Å². The zero-order valence-corrected chi connectivity index (χ0v) is 55.9. The number of aryl methyl sites for hydroxylation is 1. The van der Waals surface area contributed by atoms with Gasteiger partial charge in [0.2, 0.25) is 0 Å². The molecule has 460 valence electrons. The number of allylic oxidation sites excluding steroid dienone is 1. The first-order chi connectivity index (χ1) is 46.6. The molecule has 2 nitrogen and oxygen atoms in total. The normalized spacial score (nSPS) is 15.5. The van der Waals surface area contributed by atoms with Gasteiger partial charge in [0.1, 0.15) is 0 Å². The van der Waals surface area contributed by atoms with Crippen LogP contribution >= 0.6 is 0 Å². The molecule has 0 N–H and O–H groups in total. The summed E-state index contributed by atoms with van der Waals surface area (Å²) in [5.41, 5.74) is 35.0. The summed E-state index contributed by atoms with van der Waals surface area (Å²) in [5, 5.41) is 7.30. The van der Waals surface area contributed by atoms with Gasteiger partial charge in [-0.15, -0.1) is 0 Å². The Morgan fingerprint density at radius 2 is 0.594 bits per heavy atom. The van der Waals surface area contributed by atoms with E-state index < -0.39 is 0 Å². The van der Waals surface area contributed by atoms with E-state index in [1.807, 2.05) is 0 Å². The number of hydrogen-bond acceptors (Lipinski definition) is 2. The number of rotatable bonds is 8. The molecule has 0 heterocycles. The zero-order valence-electron chi connectivity index (χ0n) is 55.9. The summed E-state index contributed by atoms with van der Waals surface area (Å²) in [6, 6.07) is 103. The van der Waals surface area contributed by atoms with Crippen molar-refractivity contribution in [2.45, 2.75) is 89.9 Å². The molecule has 5 aliphatic carbocycles. The van der Waals surface area contributed by atoms with Gasteiger partial charge in [0.15, 0.2) is 0 Å². The number of anilines is 6. The third-order valence-electron chi connectivity index (χ3n) is 23.2. The Labute approximate surface area is 564 Å². The predicted octanol–water partition coefficient (Wildman–Crippen LogP) is 25.6. The molecule has 0 atom stereocenters. The Balaban J connectivity index is 0.888. The molecule has 96 heavy (non-hydrogen) atoms. The van der Waals surface area contributed by atoms with E-state index in [2.05, 4.69) is 344 Å². The lowest BCUT2D eigenvalue weighted by molar-refractivity contribution is 0.659. The van der Waals surface area contributed by atoms with Gasteiger partial charge < -0.3 is 9.80 Å². The number of nitrogens with zero attached hydrogens (tertiary/aromatic N) is 2. The van der Waals surface area contributed by atoms with Crippen LogP contribution in [0.2, 0.25) is 0 Å². The van der Waals surface area contributed by atoms with E-state index in [4.69, 9.17) is 0 Å². The van der Waals surface area contributed by atoms with Crippen LogP contribution in [0.5, 0.6) is 0 Å². The Morgan fingerprint density at radius 3 is 1.01 bits per heavy atom. The summed E-state index contributed by atoms with van der Waals surface area (Å²) in [6.45, 7) is 19.2. The van der Waals surface area contributed by atoms with E-state index in [1.54, 1.807) is 0 Å². The standard InChI is InChI=1S/C94H74N2/c1-91(2)81-29-17-13-25-69(81)73-43-37-65(53-85(73)91)95(66-38-44-74-70-26-14-18-30-82(70)92(3,4)86(74)54-66)63-41-47-77-79(51-63)89(61-35-33-57-21-9-11-23-59(57)49-61)78-48-42-64(52-80(78)90(77)62-36-34-58-22-10-12-24-60(58)50-62)96(67-39-45-75-71-27-15-19-31-83(71)93(5,6)87(75)55-67)68-40-46-76-72-28-16-20-32-84(72)94(7,8)88(76)56-68/h9-11,13-23,25-56H,12,24H2,1-8H3. The zero-order chi connectivity index (χ0) is 64.7. The average molecular weight is 1230 g/mol. The first-order valence-corrected chi connectivity index (χ1v) is 34.5. The Morgan fingerprint density at radius 1 is 0.260 bits per heavy atom. The van der Waals surface area contributed by atoms with E-state index in [1.165, 1.54) is 155 Å². The molecule has 0 unspecified atom stereocenters. The summed E-state index contributed by atoms with van der Waals surface area (Å²) >= 11 is 0. The van der Waals surface area contributed by atoms with Crippen molar-refractivity contribution < 1.29 is 0 Å². The largest absolute Gasteiger partial charge is 0.310 e. The molecule has 0 aliphatic heterocycles. The molecule has 0 saturated heterocycles. The smallest absolute Gasteiger partial charge is 0.0468 e. The van der Waals surface area contributed by atoms with Crippen LogP contribution in [0, 0.1) is 0 Å². The van der Waals surface area contributed by atoms with Gasteiger partial charge in [0.05, 0.1) is 0 Å². The monoisotopic (exact) mass is 1230 g/mol. The fraction of sp³-hybridized carbons (Fsp3) is 0.149. The molecule has 0 radical (unpaired) electrons. The van der Waals surface area contributed by atoms with Crippen molar-refractivity contribution >= 4 is 72.5 Å². The maximum Gasteiger partial charge on any atom is 0.0468 e. The molecular weight excluding hydrogens is 1160 g/mol. The topological polar surface area (TPSA) is 6.48 Å². The lowest BCUT2D eigenvalue weighted by atomic mass is 9.82. The predicted molar refractivity (Wildman–Crippen MR) is 407 cm³/mol. The number of fused-ring (bicyclic) bond motifs is 16. The van der Waals surface area contributed by atoms with Crippen LogP contribution in [0.4, 0.5) is 34.1 Å². The van der Waals surface area contributed by atoms with Crippen LogP contribution in [-0.4, -0.2) is 0 Å². The van der Waals surface area contributed by atoms with Crippen molar-refractivity contribution in [1.29, 1.82) is 0 Å². The number of benzene rings is 14. The minimum atomic E-state index is -0.194. The third kappa shape index (κ3) is 8.12. The summed E-state index contributed by atoms with van der Waals surface area (Å²) in [5.74, 6) is 0. The van der Waals surface area contributed by atoms with Gasteiger partial charge in [-0.1, -0.05) is 256 Å². The van der Waals surface area contributed by atoms with Gasteiger partial charge in [-0.2, -0.15) is 0 Å². The molecule has 0 amide bonds. The highest BCUT2D eigenvalue weighted by Gasteiger charge is 2.41. The third-order valence-corrected chi connectivity index (χ3v) is 23.2. The fourth-order valence-corrected chi connectivity index (χ4v) is 18.3. The van der Waals surface area contributed by atoms with E-state index in [0.717, 1.165) is 47.0 Å². The molecule has 2 heteroatoms. The van der Waals surface area contributed by atoms with E-state index in [-0.39, 0.29) is 21.7 Å².